The molecule has 0 saturated carbocycles. The first-order chi connectivity index (χ1) is 16.7. The average Bonchev–Trinajstić information content (AvgIpc) is 3.16. The normalized spacial score (nSPS) is 20.3. The molecule has 2 aliphatic heterocycles. The van der Waals surface area contributed by atoms with Gasteiger partial charge in [-0.05, 0) is 43.7 Å². The SMILES string of the molecule is C=CC[C@H](C(N)=O)[C@@H](CC(C)C)C(=O)NC1N=C(N2CCCCCC2)c2ccccc2N(C)C1=O. The number of carbonyl (C=O) groups is 3. The first-order valence-corrected chi connectivity index (χ1v) is 12.6. The Morgan fingerprint density at radius 2 is 1.83 bits per heavy atom. The van der Waals surface area contributed by atoms with Gasteiger partial charge in [-0.1, -0.05) is 44.9 Å². The third kappa shape index (κ3) is 6.29. The highest BCUT2D eigenvalue weighted by molar-refractivity contribution is 6.12. The lowest BCUT2D eigenvalue weighted by atomic mass is 9.82. The first kappa shape index (κ1) is 26.4. The van der Waals surface area contributed by atoms with Crippen molar-refractivity contribution in [3.8, 4) is 0 Å². The number of nitrogens with zero attached hydrogens (tertiary/aromatic N) is 3. The fraction of sp³-hybridized carbons (Fsp3) is 0.556. The first-order valence-electron chi connectivity index (χ1n) is 12.6. The van der Waals surface area contributed by atoms with Crippen LogP contribution in [0.2, 0.25) is 0 Å². The predicted molar refractivity (Wildman–Crippen MR) is 139 cm³/mol. The van der Waals surface area contributed by atoms with Crippen LogP contribution in [0.4, 0.5) is 5.69 Å². The number of likely N-dealkylation sites (N-methyl/N-ethyl adjacent to an activating group) is 1. The van der Waals surface area contributed by atoms with Crippen LogP contribution in [0.15, 0.2) is 41.9 Å². The smallest absolute Gasteiger partial charge is 0.272 e. The molecule has 1 aromatic carbocycles. The summed E-state index contributed by atoms with van der Waals surface area (Å²) in [7, 11) is 1.71. The number of aliphatic imine (C=N–C) groups is 1. The maximum absolute atomic E-state index is 13.5. The minimum Gasteiger partial charge on any atom is -0.369 e. The van der Waals surface area contributed by atoms with Crippen molar-refractivity contribution < 1.29 is 14.4 Å². The van der Waals surface area contributed by atoms with Gasteiger partial charge >= 0.3 is 0 Å². The van der Waals surface area contributed by atoms with E-state index < -0.39 is 23.9 Å². The average molecular weight is 482 g/mol. The number of benzodiazepines with no additional fused rings is 1. The van der Waals surface area contributed by atoms with Crippen LogP contribution in [0.25, 0.3) is 0 Å². The van der Waals surface area contributed by atoms with Crippen LogP contribution in [0.1, 0.15) is 57.9 Å². The van der Waals surface area contributed by atoms with Crippen LogP contribution in [0.5, 0.6) is 0 Å². The number of amidine groups is 1. The van der Waals surface area contributed by atoms with Crippen LogP contribution in [-0.4, -0.2) is 54.8 Å². The van der Waals surface area contributed by atoms with Crippen molar-refractivity contribution in [2.75, 3.05) is 25.0 Å². The Hall–Kier alpha value is -3.16. The number of allylic oxidation sites excluding steroid dienone is 1. The molecule has 3 amide bonds. The largest absolute Gasteiger partial charge is 0.369 e. The molecule has 3 atom stereocenters. The lowest BCUT2D eigenvalue weighted by Gasteiger charge is -2.27. The van der Waals surface area contributed by atoms with Gasteiger partial charge in [0.05, 0.1) is 17.5 Å². The number of hydrogen-bond acceptors (Lipinski definition) is 5. The monoisotopic (exact) mass is 481 g/mol. The number of likely N-dealkylation sites (tertiary alicyclic amines) is 1. The van der Waals surface area contributed by atoms with Crippen molar-refractivity contribution in [2.45, 2.75) is 58.5 Å². The quantitative estimate of drug-likeness (QED) is 0.556. The molecule has 0 aromatic heterocycles. The van der Waals surface area contributed by atoms with Gasteiger partial charge in [0, 0.05) is 25.7 Å². The van der Waals surface area contributed by atoms with Gasteiger partial charge in [0.1, 0.15) is 5.84 Å². The van der Waals surface area contributed by atoms with Crippen molar-refractivity contribution >= 4 is 29.2 Å². The van der Waals surface area contributed by atoms with Crippen molar-refractivity contribution in [2.24, 2.45) is 28.5 Å². The summed E-state index contributed by atoms with van der Waals surface area (Å²) in [5, 5.41) is 2.87. The van der Waals surface area contributed by atoms with Gasteiger partial charge in [-0.3, -0.25) is 14.4 Å². The second-order valence-corrected chi connectivity index (χ2v) is 9.95. The highest BCUT2D eigenvalue weighted by Crippen LogP contribution is 2.28. The summed E-state index contributed by atoms with van der Waals surface area (Å²) < 4.78 is 0. The Morgan fingerprint density at radius 1 is 1.17 bits per heavy atom. The molecule has 2 aliphatic rings. The molecule has 3 rings (SSSR count). The number of primary amides is 1. The summed E-state index contributed by atoms with van der Waals surface area (Å²) in [6.45, 7) is 9.40. The molecular formula is C27H39N5O3. The van der Waals surface area contributed by atoms with Gasteiger partial charge in [-0.2, -0.15) is 0 Å². The molecule has 8 nitrogen and oxygen atoms in total. The third-order valence-corrected chi connectivity index (χ3v) is 6.84. The van der Waals surface area contributed by atoms with E-state index in [1.54, 1.807) is 18.0 Å². The van der Waals surface area contributed by atoms with Gasteiger partial charge in [0.25, 0.3) is 5.91 Å². The number of benzene rings is 1. The summed E-state index contributed by atoms with van der Waals surface area (Å²) in [6, 6.07) is 7.71. The molecule has 2 heterocycles. The predicted octanol–water partition coefficient (Wildman–Crippen LogP) is 3.07. The maximum atomic E-state index is 13.5. The van der Waals surface area contributed by atoms with Crippen LogP contribution in [0.3, 0.4) is 0 Å². The molecular weight excluding hydrogens is 442 g/mol. The number of fused-ring (bicyclic) bond motifs is 1. The van der Waals surface area contributed by atoms with Crippen molar-refractivity contribution in [3.63, 3.8) is 0 Å². The fourth-order valence-electron chi connectivity index (χ4n) is 4.99. The van der Waals surface area contributed by atoms with E-state index in [0.717, 1.165) is 43.0 Å². The number of carbonyl (C=O) groups excluding carboxylic acids is 3. The molecule has 0 spiro atoms. The van der Waals surface area contributed by atoms with E-state index in [4.69, 9.17) is 10.7 Å². The molecule has 0 bridgehead atoms. The van der Waals surface area contributed by atoms with E-state index in [9.17, 15) is 14.4 Å². The van der Waals surface area contributed by atoms with E-state index in [0.29, 0.717) is 12.8 Å². The van der Waals surface area contributed by atoms with Crippen molar-refractivity contribution in [1.29, 1.82) is 0 Å². The molecule has 35 heavy (non-hydrogen) atoms. The van der Waals surface area contributed by atoms with Crippen LogP contribution < -0.4 is 16.0 Å². The topological polar surface area (TPSA) is 108 Å². The summed E-state index contributed by atoms with van der Waals surface area (Å²) in [4.78, 5) is 47.9. The number of nitrogens with two attached hydrogens (primary N) is 1. The summed E-state index contributed by atoms with van der Waals surface area (Å²) in [6.07, 6.45) is 5.72. The highest BCUT2D eigenvalue weighted by Gasteiger charge is 2.37. The van der Waals surface area contributed by atoms with E-state index >= 15 is 0 Å². The molecule has 1 unspecified atom stereocenters. The Labute approximate surface area is 208 Å². The van der Waals surface area contributed by atoms with Gasteiger partial charge in [0.15, 0.2) is 0 Å². The van der Waals surface area contributed by atoms with E-state index in [1.165, 1.54) is 12.8 Å². The number of rotatable bonds is 8. The third-order valence-electron chi connectivity index (χ3n) is 6.84. The summed E-state index contributed by atoms with van der Waals surface area (Å²) in [5.74, 6) is -1.74. The van der Waals surface area contributed by atoms with Crippen LogP contribution in [0, 0.1) is 17.8 Å². The summed E-state index contributed by atoms with van der Waals surface area (Å²) >= 11 is 0. The zero-order valence-electron chi connectivity index (χ0n) is 21.2. The number of hydrogen-bond donors (Lipinski definition) is 2. The Kier molecular flexibility index (Phi) is 9.07. The summed E-state index contributed by atoms with van der Waals surface area (Å²) in [5.41, 5.74) is 7.30. The van der Waals surface area contributed by atoms with Crippen LogP contribution in [-0.2, 0) is 14.4 Å². The number of anilines is 1. The van der Waals surface area contributed by atoms with Gasteiger partial charge in [-0.25, -0.2) is 4.99 Å². The van der Waals surface area contributed by atoms with Gasteiger partial charge in [0.2, 0.25) is 18.0 Å². The molecule has 1 fully saturated rings. The molecule has 0 radical (unpaired) electrons. The molecule has 190 valence electrons. The Bertz CT molecular complexity index is 965. The number of amides is 3. The molecule has 3 N–H and O–H groups in total. The van der Waals surface area contributed by atoms with E-state index in [2.05, 4.69) is 16.8 Å². The Morgan fingerprint density at radius 3 is 2.43 bits per heavy atom. The Balaban J connectivity index is 1.99. The fourth-order valence-corrected chi connectivity index (χ4v) is 4.99. The zero-order valence-corrected chi connectivity index (χ0v) is 21.2. The van der Waals surface area contributed by atoms with E-state index in [-0.39, 0.29) is 17.7 Å². The molecule has 1 aromatic rings. The maximum Gasteiger partial charge on any atom is 0.272 e. The lowest BCUT2D eigenvalue weighted by Crippen LogP contribution is -2.50. The standard InChI is InChI=1S/C27H39N5O3/c1-5-12-19(23(28)33)21(17-18(2)3)26(34)30-24-27(35)31(4)22-14-9-8-13-20(22)25(29-24)32-15-10-6-7-11-16-32/h5,8-9,13-14,18-19,21,24H,1,6-7,10-12,15-17H2,2-4H3,(H2,28,33)(H,30,34)/t19-,21+,24?/m0/s1. The lowest BCUT2D eigenvalue weighted by molar-refractivity contribution is -0.135. The minimum atomic E-state index is -1.09. The van der Waals surface area contributed by atoms with E-state index in [1.807, 2.05) is 38.1 Å². The van der Waals surface area contributed by atoms with Crippen molar-refractivity contribution in [3.05, 3.63) is 42.5 Å². The molecule has 0 aliphatic carbocycles. The molecule has 1 saturated heterocycles. The van der Waals surface area contributed by atoms with Crippen molar-refractivity contribution in [1.82, 2.24) is 10.2 Å². The molecule has 8 heteroatoms. The minimum absolute atomic E-state index is 0.158. The van der Waals surface area contributed by atoms with Gasteiger partial charge in [-0.15, -0.1) is 6.58 Å². The second-order valence-electron chi connectivity index (χ2n) is 9.95. The number of para-hydroxylation sites is 1. The second kappa shape index (κ2) is 12.0. The zero-order chi connectivity index (χ0) is 25.5. The highest BCUT2D eigenvalue weighted by atomic mass is 16.2. The van der Waals surface area contributed by atoms with Gasteiger partial charge < -0.3 is 20.9 Å². The number of nitrogens with one attached hydrogen (secondary N) is 1. The van der Waals surface area contributed by atoms with Crippen LogP contribution >= 0.6 is 0 Å².